The van der Waals surface area contributed by atoms with Crippen molar-refractivity contribution < 1.29 is 19.1 Å². The summed E-state index contributed by atoms with van der Waals surface area (Å²) in [6, 6.07) is 0. The molecule has 0 aliphatic heterocycles. The molecule has 0 spiro atoms. The van der Waals surface area contributed by atoms with E-state index in [0.29, 0.717) is 17.9 Å². The second kappa shape index (κ2) is 6.58. The fourth-order valence-electron chi connectivity index (χ4n) is 1.43. The molecular weight excluding hydrogens is 236 g/mol. The Morgan fingerprint density at radius 2 is 2.22 bits per heavy atom. The number of carbonyl (C=O) groups excluding carboxylic acids is 2. The Morgan fingerprint density at radius 3 is 2.83 bits per heavy atom. The lowest BCUT2D eigenvalue weighted by molar-refractivity contribution is -0.142. The maximum Gasteiger partial charge on any atom is 0.356 e. The molecule has 1 aromatic heterocycles. The van der Waals surface area contributed by atoms with E-state index in [9.17, 15) is 9.59 Å². The topological polar surface area (TPSA) is 70.4 Å². The van der Waals surface area contributed by atoms with Crippen LogP contribution in [0.4, 0.5) is 0 Å². The number of nitrogens with zero attached hydrogens (tertiary/aromatic N) is 2. The Kier molecular flexibility index (Phi) is 5.10. The Bertz CT molecular complexity index is 463. The molecule has 18 heavy (non-hydrogen) atoms. The molecule has 0 amide bonds. The van der Waals surface area contributed by atoms with Crippen molar-refractivity contribution in [2.45, 2.75) is 13.3 Å². The van der Waals surface area contributed by atoms with E-state index in [-0.39, 0.29) is 12.4 Å². The normalized spacial score (nSPS) is 10.6. The molecule has 6 nitrogen and oxygen atoms in total. The van der Waals surface area contributed by atoms with E-state index in [0.717, 1.165) is 0 Å². The maximum atomic E-state index is 11.5. The minimum atomic E-state index is -0.467. The van der Waals surface area contributed by atoms with Gasteiger partial charge in [0, 0.05) is 12.6 Å². The highest BCUT2D eigenvalue weighted by Gasteiger charge is 2.15. The van der Waals surface area contributed by atoms with Crippen molar-refractivity contribution in [1.29, 1.82) is 0 Å². The third-order valence-electron chi connectivity index (χ3n) is 2.23. The van der Waals surface area contributed by atoms with Crippen molar-refractivity contribution in [1.82, 2.24) is 9.78 Å². The van der Waals surface area contributed by atoms with Gasteiger partial charge in [-0.25, -0.2) is 4.79 Å². The zero-order valence-electron chi connectivity index (χ0n) is 10.7. The first kappa shape index (κ1) is 14.0. The molecule has 0 atom stereocenters. The molecule has 1 rings (SSSR count). The van der Waals surface area contributed by atoms with Crippen LogP contribution in [0.2, 0.25) is 0 Å². The smallest absolute Gasteiger partial charge is 0.356 e. The predicted molar refractivity (Wildman–Crippen MR) is 64.8 cm³/mol. The summed E-state index contributed by atoms with van der Waals surface area (Å²) in [4.78, 5) is 22.6. The summed E-state index contributed by atoms with van der Waals surface area (Å²) in [7, 11) is 2.95. The van der Waals surface area contributed by atoms with Crippen LogP contribution >= 0.6 is 0 Å². The van der Waals surface area contributed by atoms with Gasteiger partial charge in [0.2, 0.25) is 0 Å². The zero-order valence-corrected chi connectivity index (χ0v) is 10.7. The number of carbonyl (C=O) groups is 2. The molecule has 0 fully saturated rings. The second-order valence-corrected chi connectivity index (χ2v) is 3.48. The van der Waals surface area contributed by atoms with Gasteiger partial charge in [0.05, 0.1) is 26.3 Å². The summed E-state index contributed by atoms with van der Waals surface area (Å²) < 4.78 is 10.9. The van der Waals surface area contributed by atoms with Gasteiger partial charge in [-0.15, -0.1) is 0 Å². The van der Waals surface area contributed by atoms with Gasteiger partial charge < -0.3 is 9.47 Å². The summed E-state index contributed by atoms with van der Waals surface area (Å²) in [6.45, 7) is 2.10. The Morgan fingerprint density at radius 1 is 1.50 bits per heavy atom. The van der Waals surface area contributed by atoms with E-state index in [4.69, 9.17) is 4.74 Å². The van der Waals surface area contributed by atoms with Crippen LogP contribution in [-0.4, -0.2) is 35.4 Å². The van der Waals surface area contributed by atoms with Crippen LogP contribution in [0.25, 0.3) is 6.08 Å². The highest BCUT2D eigenvalue weighted by molar-refractivity contribution is 5.91. The molecule has 0 unspecified atom stereocenters. The molecule has 1 heterocycles. The van der Waals surface area contributed by atoms with Gasteiger partial charge in [-0.1, -0.05) is 12.2 Å². The van der Waals surface area contributed by atoms with Crippen molar-refractivity contribution in [2.24, 2.45) is 7.05 Å². The summed E-state index contributed by atoms with van der Waals surface area (Å²) in [5.74, 6) is -0.775. The first-order chi connectivity index (χ1) is 8.60. The molecule has 0 aliphatic carbocycles. The van der Waals surface area contributed by atoms with Gasteiger partial charge in [0.15, 0.2) is 5.69 Å². The lowest BCUT2D eigenvalue weighted by Crippen LogP contribution is -2.09. The van der Waals surface area contributed by atoms with Crippen LogP contribution in [0.15, 0.2) is 12.3 Å². The van der Waals surface area contributed by atoms with Crippen LogP contribution in [0.1, 0.15) is 29.4 Å². The molecular formula is C12H16N2O4. The van der Waals surface area contributed by atoms with E-state index < -0.39 is 5.97 Å². The maximum absolute atomic E-state index is 11.5. The molecule has 0 bridgehead atoms. The van der Waals surface area contributed by atoms with E-state index in [2.05, 4.69) is 9.84 Å². The minimum absolute atomic E-state index is 0.156. The van der Waals surface area contributed by atoms with Crippen LogP contribution in [-0.2, 0) is 21.3 Å². The van der Waals surface area contributed by atoms with E-state index in [1.165, 1.54) is 18.0 Å². The van der Waals surface area contributed by atoms with Crippen molar-refractivity contribution >= 4 is 18.0 Å². The van der Waals surface area contributed by atoms with Crippen molar-refractivity contribution in [3.05, 3.63) is 23.5 Å². The predicted octanol–water partition coefficient (Wildman–Crippen LogP) is 1.17. The van der Waals surface area contributed by atoms with E-state index in [1.54, 1.807) is 26.1 Å². The monoisotopic (exact) mass is 252 g/mol. The number of aromatic nitrogens is 2. The van der Waals surface area contributed by atoms with Crippen molar-refractivity contribution in [2.75, 3.05) is 13.7 Å². The highest BCUT2D eigenvalue weighted by atomic mass is 16.5. The number of rotatable bonds is 5. The third-order valence-corrected chi connectivity index (χ3v) is 2.23. The Labute approximate surface area is 105 Å². The summed E-state index contributed by atoms with van der Waals surface area (Å²) in [5, 5.41) is 3.97. The average molecular weight is 252 g/mol. The minimum Gasteiger partial charge on any atom is -0.466 e. The van der Waals surface area contributed by atoms with Crippen LogP contribution in [0.3, 0.4) is 0 Å². The number of methoxy groups -OCH3 is 1. The van der Waals surface area contributed by atoms with E-state index >= 15 is 0 Å². The van der Waals surface area contributed by atoms with Crippen molar-refractivity contribution in [3.63, 3.8) is 0 Å². The van der Waals surface area contributed by atoms with Gasteiger partial charge in [-0.3, -0.25) is 9.48 Å². The third kappa shape index (κ3) is 3.44. The first-order valence-corrected chi connectivity index (χ1v) is 5.52. The second-order valence-electron chi connectivity index (χ2n) is 3.48. The SMILES string of the molecule is CCOC(=O)CC=Cc1cnn(C)c1C(=O)OC. The number of hydrogen-bond acceptors (Lipinski definition) is 5. The fourth-order valence-corrected chi connectivity index (χ4v) is 1.43. The summed E-state index contributed by atoms with van der Waals surface area (Å²) in [5.41, 5.74) is 0.950. The molecule has 6 heteroatoms. The van der Waals surface area contributed by atoms with Gasteiger partial charge in [0.25, 0.3) is 0 Å². The summed E-state index contributed by atoms with van der Waals surface area (Å²) in [6.07, 6.45) is 4.97. The zero-order chi connectivity index (χ0) is 13.5. The fraction of sp³-hybridized carbons (Fsp3) is 0.417. The molecule has 0 aliphatic rings. The lowest BCUT2D eigenvalue weighted by Gasteiger charge is -2.00. The van der Waals surface area contributed by atoms with Gasteiger partial charge in [-0.05, 0) is 6.92 Å². The molecule has 0 saturated heterocycles. The van der Waals surface area contributed by atoms with Crippen molar-refractivity contribution in [3.8, 4) is 0 Å². The standard InChI is InChI=1S/C12H16N2O4/c1-4-18-10(15)7-5-6-9-8-13-14(2)11(9)12(16)17-3/h5-6,8H,4,7H2,1-3H3. The molecule has 0 saturated carbocycles. The average Bonchev–Trinajstić information content (AvgIpc) is 2.70. The number of aryl methyl sites for hydroxylation is 1. The van der Waals surface area contributed by atoms with Crippen LogP contribution in [0.5, 0.6) is 0 Å². The van der Waals surface area contributed by atoms with Gasteiger partial charge in [-0.2, -0.15) is 5.10 Å². The van der Waals surface area contributed by atoms with Gasteiger partial charge >= 0.3 is 11.9 Å². The van der Waals surface area contributed by atoms with Crippen LogP contribution < -0.4 is 0 Å². The highest BCUT2D eigenvalue weighted by Crippen LogP contribution is 2.11. The number of hydrogen-bond donors (Lipinski definition) is 0. The molecule has 0 N–H and O–H groups in total. The Hall–Kier alpha value is -2.11. The first-order valence-electron chi connectivity index (χ1n) is 5.52. The Balaban J connectivity index is 2.76. The largest absolute Gasteiger partial charge is 0.466 e. The van der Waals surface area contributed by atoms with Crippen LogP contribution in [0, 0.1) is 0 Å². The number of esters is 2. The lowest BCUT2D eigenvalue weighted by atomic mass is 10.2. The van der Waals surface area contributed by atoms with E-state index in [1.807, 2.05) is 0 Å². The summed E-state index contributed by atoms with van der Waals surface area (Å²) >= 11 is 0. The molecule has 98 valence electrons. The molecule has 1 aromatic rings. The quantitative estimate of drug-likeness (QED) is 0.736. The molecule has 0 radical (unpaired) electrons. The van der Waals surface area contributed by atoms with Gasteiger partial charge in [0.1, 0.15) is 0 Å². The molecule has 0 aromatic carbocycles. The number of ether oxygens (including phenoxy) is 2.